The zero-order valence-corrected chi connectivity index (χ0v) is 31.9. The molecular formula is C35H58N6O12. The van der Waals surface area contributed by atoms with Crippen molar-refractivity contribution in [3.05, 3.63) is 0 Å². The van der Waals surface area contributed by atoms with E-state index < -0.39 is 77.4 Å². The van der Waals surface area contributed by atoms with Gasteiger partial charge in [0.1, 0.15) is 35.9 Å². The number of carbonyl (C=O) groups is 9. The molecule has 3 heterocycles. The number of aliphatic carboxylic acids is 1. The Bertz CT molecular complexity index is 1360. The van der Waals surface area contributed by atoms with Crippen LogP contribution in [0.4, 0.5) is 0 Å². The van der Waals surface area contributed by atoms with E-state index in [0.717, 1.165) is 19.3 Å². The predicted octanol–water partition coefficient (Wildman–Crippen LogP) is -0.221. The van der Waals surface area contributed by atoms with E-state index in [1.807, 2.05) is 13.8 Å². The maximum atomic E-state index is 12.3. The number of primary amides is 3. The average Bonchev–Trinajstić information content (AvgIpc) is 3.74. The molecule has 7 N–H and O–H groups in total. The standard InChI is InChI=1S/C13H22N2O4.C12H20N2O4.C10H16N2O4/c1-4-6-8-7-15(9(5-2)11(14)16)12(17)10(8)13(18)19-3;1-3-5-7-6-14(8(4-2)10(13)15)11(16)9(7)12(17)18;1-3-7(8(11)13)12-5-4-6(9(12)14)10(15)16-2/h8-10H,4-7H2,1-3H3,(H2,14,16);7-9H,3-6H2,1-2H3,(H2,13,15)(H,17,18);6-7H,3-5H2,1-2H3,(H2,11,13)/t8-,9-,10?;7-,8-,9?;6?,7-/m000/s1. The van der Waals surface area contributed by atoms with Crippen molar-refractivity contribution in [3.63, 3.8) is 0 Å². The highest BCUT2D eigenvalue weighted by molar-refractivity contribution is 6.02. The first kappa shape index (κ1) is 46.3. The molecule has 3 fully saturated rings. The van der Waals surface area contributed by atoms with Crippen molar-refractivity contribution >= 4 is 53.4 Å². The molecule has 300 valence electrons. The van der Waals surface area contributed by atoms with Crippen LogP contribution >= 0.6 is 0 Å². The number of hydrogen-bond donors (Lipinski definition) is 4. The summed E-state index contributed by atoms with van der Waals surface area (Å²) >= 11 is 0. The van der Waals surface area contributed by atoms with Crippen molar-refractivity contribution < 1.29 is 57.7 Å². The Morgan fingerprint density at radius 1 is 0.642 bits per heavy atom. The van der Waals surface area contributed by atoms with E-state index in [0.29, 0.717) is 51.7 Å². The summed E-state index contributed by atoms with van der Waals surface area (Å²) in [6, 6.07) is -1.95. The van der Waals surface area contributed by atoms with Gasteiger partial charge < -0.3 is 46.5 Å². The first-order valence-corrected chi connectivity index (χ1v) is 18.1. The summed E-state index contributed by atoms with van der Waals surface area (Å²) in [7, 11) is 2.51. The molecule has 18 heteroatoms. The Morgan fingerprint density at radius 3 is 1.36 bits per heavy atom. The number of rotatable bonds is 16. The number of hydrogen-bond acceptors (Lipinski definition) is 11. The summed E-state index contributed by atoms with van der Waals surface area (Å²) < 4.78 is 9.22. The van der Waals surface area contributed by atoms with Gasteiger partial charge in [0.25, 0.3) is 0 Å². The van der Waals surface area contributed by atoms with Crippen LogP contribution in [0.1, 0.15) is 86.0 Å². The minimum Gasteiger partial charge on any atom is -0.481 e. The molecule has 0 spiro atoms. The van der Waals surface area contributed by atoms with Gasteiger partial charge in [-0.1, -0.05) is 47.5 Å². The van der Waals surface area contributed by atoms with Crippen LogP contribution in [-0.2, 0) is 52.6 Å². The summed E-state index contributed by atoms with van der Waals surface area (Å²) in [5.74, 6) is -7.94. The molecule has 0 aromatic carbocycles. The van der Waals surface area contributed by atoms with Crippen molar-refractivity contribution in [2.75, 3.05) is 33.9 Å². The molecule has 53 heavy (non-hydrogen) atoms. The van der Waals surface area contributed by atoms with Gasteiger partial charge in [-0.25, -0.2) is 0 Å². The van der Waals surface area contributed by atoms with Gasteiger partial charge in [0.05, 0.1) is 14.2 Å². The van der Waals surface area contributed by atoms with E-state index in [9.17, 15) is 43.2 Å². The van der Waals surface area contributed by atoms with E-state index in [1.54, 1.807) is 20.8 Å². The van der Waals surface area contributed by atoms with E-state index in [1.165, 1.54) is 28.9 Å². The fourth-order valence-corrected chi connectivity index (χ4v) is 7.30. The fourth-order valence-electron chi connectivity index (χ4n) is 7.30. The van der Waals surface area contributed by atoms with Gasteiger partial charge in [0, 0.05) is 19.6 Å². The van der Waals surface area contributed by atoms with Crippen molar-refractivity contribution in [1.29, 1.82) is 0 Å². The number of esters is 2. The number of ether oxygens (including phenoxy) is 2. The van der Waals surface area contributed by atoms with Crippen LogP contribution in [0.25, 0.3) is 0 Å². The third kappa shape index (κ3) is 11.4. The Kier molecular flexibility index (Phi) is 18.9. The molecule has 0 bridgehead atoms. The van der Waals surface area contributed by atoms with Gasteiger partial charge in [0.15, 0.2) is 0 Å². The number of carbonyl (C=O) groups excluding carboxylic acids is 8. The molecule has 8 atom stereocenters. The predicted molar refractivity (Wildman–Crippen MR) is 189 cm³/mol. The van der Waals surface area contributed by atoms with Crippen LogP contribution in [-0.4, -0.2) is 125 Å². The summed E-state index contributed by atoms with van der Waals surface area (Å²) in [5, 5.41) is 9.13. The lowest BCUT2D eigenvalue weighted by Crippen LogP contribution is -2.46. The first-order valence-electron chi connectivity index (χ1n) is 18.1. The lowest BCUT2D eigenvalue weighted by Gasteiger charge is -2.24. The van der Waals surface area contributed by atoms with Gasteiger partial charge >= 0.3 is 17.9 Å². The van der Waals surface area contributed by atoms with E-state index >= 15 is 0 Å². The summed E-state index contributed by atoms with van der Waals surface area (Å²) in [4.78, 5) is 108. The van der Waals surface area contributed by atoms with Gasteiger partial charge in [-0.2, -0.15) is 0 Å². The van der Waals surface area contributed by atoms with Crippen molar-refractivity contribution in [3.8, 4) is 0 Å². The van der Waals surface area contributed by atoms with Crippen molar-refractivity contribution in [2.24, 2.45) is 46.8 Å². The number of carboxylic acids is 1. The van der Waals surface area contributed by atoms with Crippen LogP contribution in [0.15, 0.2) is 0 Å². The maximum absolute atomic E-state index is 12.3. The average molecular weight is 755 g/mol. The monoisotopic (exact) mass is 754 g/mol. The molecular weight excluding hydrogens is 696 g/mol. The smallest absolute Gasteiger partial charge is 0.318 e. The Labute approximate surface area is 310 Å². The molecule has 0 radical (unpaired) electrons. The molecule has 3 unspecified atom stereocenters. The van der Waals surface area contributed by atoms with Crippen LogP contribution in [0.2, 0.25) is 0 Å². The van der Waals surface area contributed by atoms with Crippen LogP contribution in [0.3, 0.4) is 0 Å². The topological polar surface area (TPSA) is 280 Å². The van der Waals surface area contributed by atoms with E-state index in [4.69, 9.17) is 27.0 Å². The number of methoxy groups -OCH3 is 2. The van der Waals surface area contributed by atoms with Crippen LogP contribution in [0.5, 0.6) is 0 Å². The van der Waals surface area contributed by atoms with Gasteiger partial charge in [-0.05, 0) is 50.4 Å². The van der Waals surface area contributed by atoms with Gasteiger partial charge in [-0.15, -0.1) is 0 Å². The van der Waals surface area contributed by atoms with Gasteiger partial charge in [0.2, 0.25) is 35.4 Å². The van der Waals surface area contributed by atoms with Gasteiger partial charge in [-0.3, -0.25) is 43.2 Å². The molecule has 0 aliphatic carbocycles. The van der Waals surface area contributed by atoms with Crippen molar-refractivity contribution in [2.45, 2.75) is 104 Å². The Hall–Kier alpha value is -4.77. The molecule has 0 aromatic heterocycles. The SMILES string of the molecule is CCC[C@H]1CN([C@@H](CC)C(N)=O)C(=O)C1C(=O)O.CCC[C@H]1CN([C@@H](CC)C(N)=O)C(=O)C1C(=O)OC.CC[C@@H](C(N)=O)N1CCC(C(=O)OC)C1=O. The highest BCUT2D eigenvalue weighted by Crippen LogP contribution is 2.32. The highest BCUT2D eigenvalue weighted by atomic mass is 16.5. The summed E-state index contributed by atoms with van der Waals surface area (Å²) in [5.41, 5.74) is 15.8. The van der Waals surface area contributed by atoms with Crippen LogP contribution in [0, 0.1) is 29.6 Å². The van der Waals surface area contributed by atoms with E-state index in [-0.39, 0.29) is 23.7 Å². The molecule has 18 nitrogen and oxygen atoms in total. The number of nitrogens with zero attached hydrogens (tertiary/aromatic N) is 3. The minimum absolute atomic E-state index is 0.0988. The number of amides is 6. The lowest BCUT2D eigenvalue weighted by atomic mass is 9.91. The zero-order chi connectivity index (χ0) is 40.7. The largest absolute Gasteiger partial charge is 0.481 e. The molecule has 3 rings (SSSR count). The van der Waals surface area contributed by atoms with Crippen LogP contribution < -0.4 is 17.2 Å². The number of carboxylic acid groups (broad SMARTS) is 1. The Morgan fingerprint density at radius 2 is 1.02 bits per heavy atom. The second-order valence-electron chi connectivity index (χ2n) is 13.3. The number of nitrogens with two attached hydrogens (primary N) is 3. The maximum Gasteiger partial charge on any atom is 0.318 e. The first-order chi connectivity index (χ1) is 24.9. The van der Waals surface area contributed by atoms with E-state index in [2.05, 4.69) is 4.74 Å². The third-order valence-electron chi connectivity index (χ3n) is 9.94. The second kappa shape index (κ2) is 21.7. The zero-order valence-electron chi connectivity index (χ0n) is 31.9. The summed E-state index contributed by atoms with van der Waals surface area (Å²) in [6.07, 6.45) is 4.78. The normalized spacial score (nSPS) is 23.9. The number of likely N-dealkylation sites (tertiary alicyclic amines) is 3. The third-order valence-corrected chi connectivity index (χ3v) is 9.94. The fraction of sp³-hybridized carbons (Fsp3) is 0.743. The molecule has 0 saturated carbocycles. The highest BCUT2D eigenvalue weighted by Gasteiger charge is 2.49. The quantitative estimate of drug-likeness (QED) is 0.118. The minimum atomic E-state index is -1.11. The summed E-state index contributed by atoms with van der Waals surface area (Å²) in [6.45, 7) is 10.3. The lowest BCUT2D eigenvalue weighted by molar-refractivity contribution is -0.153. The van der Waals surface area contributed by atoms with Crippen molar-refractivity contribution in [1.82, 2.24) is 14.7 Å². The molecule has 6 amide bonds. The Balaban J connectivity index is 0.000000399. The molecule has 3 saturated heterocycles. The molecule has 3 aliphatic rings. The second-order valence-corrected chi connectivity index (χ2v) is 13.3. The molecule has 3 aliphatic heterocycles. The molecule has 0 aromatic rings.